The van der Waals surface area contributed by atoms with E-state index < -0.39 is 18.2 Å². The largest absolute Gasteiger partial charge is 0.389 e. The summed E-state index contributed by atoms with van der Waals surface area (Å²) in [7, 11) is 1.74. The minimum absolute atomic E-state index is 0.0900. The van der Waals surface area contributed by atoms with E-state index in [0.29, 0.717) is 12.5 Å². The van der Waals surface area contributed by atoms with Gasteiger partial charge in [-0.25, -0.2) is 0 Å². The molecule has 1 saturated carbocycles. The Kier molecular flexibility index (Phi) is 6.12. The molecule has 1 fully saturated rings. The van der Waals surface area contributed by atoms with E-state index in [1.807, 2.05) is 6.92 Å². The van der Waals surface area contributed by atoms with Crippen molar-refractivity contribution in [3.8, 4) is 0 Å². The quantitative estimate of drug-likeness (QED) is 0.797. The summed E-state index contributed by atoms with van der Waals surface area (Å²) >= 11 is 0. The Morgan fingerprint density at radius 3 is 2.58 bits per heavy atom. The highest BCUT2D eigenvalue weighted by Crippen LogP contribution is 2.39. The van der Waals surface area contributed by atoms with Crippen molar-refractivity contribution in [2.75, 3.05) is 13.7 Å². The fourth-order valence-corrected chi connectivity index (χ4v) is 3.36. The number of hydrogen-bond acceptors (Lipinski definition) is 2. The third-order valence-corrected chi connectivity index (χ3v) is 4.12. The standard InChI is InChI=1S/C14H26F3NO/c1-4-19-13(8-5-6-11(2)10-13)12(18-3)7-9-14(15,16)17/h11-12,18H,4-10H2,1-3H3. The fraction of sp³-hybridized carbons (Fsp3) is 1.00. The molecule has 0 heterocycles. The molecule has 3 atom stereocenters. The molecule has 114 valence electrons. The average Bonchev–Trinajstić information content (AvgIpc) is 2.28. The van der Waals surface area contributed by atoms with Crippen LogP contribution in [-0.4, -0.2) is 31.5 Å². The predicted octanol–water partition coefficient (Wildman–Crippen LogP) is 3.90. The van der Waals surface area contributed by atoms with Crippen LogP contribution in [0.5, 0.6) is 0 Å². The summed E-state index contributed by atoms with van der Waals surface area (Å²) in [5.74, 6) is 0.516. The lowest BCUT2D eigenvalue weighted by Gasteiger charge is -2.45. The Morgan fingerprint density at radius 1 is 1.42 bits per heavy atom. The zero-order valence-electron chi connectivity index (χ0n) is 12.1. The van der Waals surface area contributed by atoms with Crippen LogP contribution in [0, 0.1) is 5.92 Å². The molecule has 0 aromatic heterocycles. The van der Waals surface area contributed by atoms with Crippen LogP contribution in [0.4, 0.5) is 13.2 Å². The molecule has 0 saturated heterocycles. The summed E-state index contributed by atoms with van der Waals surface area (Å²) in [6.07, 6.45) is -0.869. The maximum Gasteiger partial charge on any atom is 0.389 e. The Labute approximate surface area is 114 Å². The fourth-order valence-electron chi connectivity index (χ4n) is 3.36. The average molecular weight is 281 g/mol. The Morgan fingerprint density at radius 2 is 2.11 bits per heavy atom. The molecule has 19 heavy (non-hydrogen) atoms. The monoisotopic (exact) mass is 281 g/mol. The van der Waals surface area contributed by atoms with E-state index in [1.165, 1.54) is 0 Å². The minimum atomic E-state index is -4.09. The van der Waals surface area contributed by atoms with E-state index in [2.05, 4.69) is 12.2 Å². The van der Waals surface area contributed by atoms with E-state index in [9.17, 15) is 13.2 Å². The molecule has 3 unspecified atom stereocenters. The molecule has 0 amide bonds. The molecular weight excluding hydrogens is 255 g/mol. The lowest BCUT2D eigenvalue weighted by Crippen LogP contribution is -2.54. The number of alkyl halides is 3. The van der Waals surface area contributed by atoms with E-state index in [1.54, 1.807) is 7.05 Å². The Hall–Kier alpha value is -0.290. The van der Waals surface area contributed by atoms with Gasteiger partial charge in [-0.15, -0.1) is 0 Å². The van der Waals surface area contributed by atoms with Gasteiger partial charge in [0.2, 0.25) is 0 Å². The van der Waals surface area contributed by atoms with Crippen LogP contribution in [-0.2, 0) is 4.74 Å². The molecule has 0 bridgehead atoms. The van der Waals surface area contributed by atoms with Gasteiger partial charge in [-0.05, 0) is 39.2 Å². The van der Waals surface area contributed by atoms with Crippen LogP contribution < -0.4 is 5.32 Å². The van der Waals surface area contributed by atoms with Gasteiger partial charge < -0.3 is 10.1 Å². The third-order valence-electron chi connectivity index (χ3n) is 4.12. The summed E-state index contributed by atoms with van der Waals surface area (Å²) in [6.45, 7) is 4.62. The smallest absolute Gasteiger partial charge is 0.374 e. The Bertz CT molecular complexity index is 266. The van der Waals surface area contributed by atoms with Crippen LogP contribution in [0.3, 0.4) is 0 Å². The number of halogens is 3. The van der Waals surface area contributed by atoms with Gasteiger partial charge >= 0.3 is 6.18 Å². The van der Waals surface area contributed by atoms with Crippen molar-refractivity contribution in [1.29, 1.82) is 0 Å². The first kappa shape index (κ1) is 16.8. The molecule has 2 nitrogen and oxygen atoms in total. The molecule has 5 heteroatoms. The van der Waals surface area contributed by atoms with Crippen molar-refractivity contribution in [2.45, 2.75) is 70.2 Å². The van der Waals surface area contributed by atoms with Crippen molar-refractivity contribution < 1.29 is 17.9 Å². The summed E-state index contributed by atoms with van der Waals surface area (Å²) in [6, 6.07) is -0.225. The second kappa shape index (κ2) is 6.93. The molecule has 0 aliphatic heterocycles. The van der Waals surface area contributed by atoms with Gasteiger partial charge in [0.05, 0.1) is 5.60 Å². The number of nitrogens with one attached hydrogen (secondary N) is 1. The lowest BCUT2D eigenvalue weighted by molar-refractivity contribution is -0.147. The first-order chi connectivity index (χ1) is 8.83. The van der Waals surface area contributed by atoms with Crippen molar-refractivity contribution in [2.24, 2.45) is 5.92 Å². The van der Waals surface area contributed by atoms with Gasteiger partial charge in [-0.2, -0.15) is 13.2 Å². The highest BCUT2D eigenvalue weighted by Gasteiger charge is 2.43. The zero-order chi connectivity index (χ0) is 14.5. The van der Waals surface area contributed by atoms with E-state index >= 15 is 0 Å². The lowest BCUT2D eigenvalue weighted by atomic mass is 9.73. The molecule has 1 rings (SSSR count). The highest BCUT2D eigenvalue weighted by molar-refractivity contribution is 4.96. The van der Waals surface area contributed by atoms with E-state index in [0.717, 1.165) is 25.7 Å². The van der Waals surface area contributed by atoms with Gasteiger partial charge in [-0.3, -0.25) is 0 Å². The summed E-state index contributed by atoms with van der Waals surface area (Å²) in [5.41, 5.74) is -0.424. The molecule has 0 spiro atoms. The predicted molar refractivity (Wildman–Crippen MR) is 70.1 cm³/mol. The van der Waals surface area contributed by atoms with Crippen molar-refractivity contribution in [1.82, 2.24) is 5.32 Å². The molecule has 1 N–H and O–H groups in total. The number of hydrogen-bond donors (Lipinski definition) is 1. The first-order valence-electron chi connectivity index (χ1n) is 7.21. The van der Waals surface area contributed by atoms with Crippen LogP contribution in [0.2, 0.25) is 0 Å². The van der Waals surface area contributed by atoms with Crippen LogP contribution >= 0.6 is 0 Å². The molecule has 0 radical (unpaired) electrons. The Balaban J connectivity index is 2.75. The topological polar surface area (TPSA) is 21.3 Å². The van der Waals surface area contributed by atoms with Gasteiger partial charge in [0.1, 0.15) is 0 Å². The highest BCUT2D eigenvalue weighted by atomic mass is 19.4. The van der Waals surface area contributed by atoms with Crippen LogP contribution in [0.15, 0.2) is 0 Å². The van der Waals surface area contributed by atoms with Gasteiger partial charge in [0, 0.05) is 19.1 Å². The minimum Gasteiger partial charge on any atom is -0.374 e. The normalized spacial score (nSPS) is 30.3. The molecule has 1 aliphatic rings. The zero-order valence-corrected chi connectivity index (χ0v) is 12.1. The molecule has 0 aromatic carbocycles. The van der Waals surface area contributed by atoms with Gasteiger partial charge in [-0.1, -0.05) is 19.8 Å². The molecule has 1 aliphatic carbocycles. The SMILES string of the molecule is CCOC1(C(CCC(F)(F)F)NC)CCCC(C)C1. The number of ether oxygens (including phenoxy) is 1. The summed E-state index contributed by atoms with van der Waals surface area (Å²) in [4.78, 5) is 0. The van der Waals surface area contributed by atoms with Crippen molar-refractivity contribution >= 4 is 0 Å². The maximum atomic E-state index is 12.4. The van der Waals surface area contributed by atoms with Crippen LogP contribution in [0.25, 0.3) is 0 Å². The number of likely N-dealkylation sites (N-methyl/N-ethyl adjacent to an activating group) is 1. The maximum absolute atomic E-state index is 12.4. The number of rotatable bonds is 6. The second-order valence-corrected chi connectivity index (χ2v) is 5.69. The van der Waals surface area contributed by atoms with Crippen LogP contribution in [0.1, 0.15) is 52.4 Å². The second-order valence-electron chi connectivity index (χ2n) is 5.69. The van der Waals surface area contributed by atoms with E-state index in [-0.39, 0.29) is 12.5 Å². The van der Waals surface area contributed by atoms with Crippen molar-refractivity contribution in [3.63, 3.8) is 0 Å². The van der Waals surface area contributed by atoms with Gasteiger partial charge in [0.15, 0.2) is 0 Å². The molecular formula is C14H26F3NO. The van der Waals surface area contributed by atoms with E-state index in [4.69, 9.17) is 4.74 Å². The first-order valence-corrected chi connectivity index (χ1v) is 7.21. The summed E-state index contributed by atoms with van der Waals surface area (Å²) < 4.78 is 43.2. The third kappa shape index (κ3) is 4.95. The summed E-state index contributed by atoms with van der Waals surface area (Å²) in [5, 5.41) is 3.07. The van der Waals surface area contributed by atoms with Gasteiger partial charge in [0.25, 0.3) is 0 Å². The van der Waals surface area contributed by atoms with Crippen molar-refractivity contribution in [3.05, 3.63) is 0 Å². The molecule has 0 aromatic rings.